The van der Waals surface area contributed by atoms with Gasteiger partial charge in [-0.3, -0.25) is 14.5 Å². The lowest BCUT2D eigenvalue weighted by Crippen LogP contribution is -2.32. The predicted molar refractivity (Wildman–Crippen MR) is 133 cm³/mol. The van der Waals surface area contributed by atoms with Crippen LogP contribution in [-0.2, 0) is 16.1 Å². The molecule has 172 valence electrons. The molecule has 2 heterocycles. The van der Waals surface area contributed by atoms with Crippen molar-refractivity contribution in [2.75, 3.05) is 30.4 Å². The van der Waals surface area contributed by atoms with E-state index in [0.29, 0.717) is 16.8 Å². The van der Waals surface area contributed by atoms with Crippen molar-refractivity contribution in [1.29, 1.82) is 0 Å². The number of nitrogens with zero attached hydrogens (tertiary/aromatic N) is 2. The molecule has 3 aromatic carbocycles. The van der Waals surface area contributed by atoms with Crippen molar-refractivity contribution in [2.24, 2.45) is 0 Å². The third kappa shape index (κ3) is 4.27. The summed E-state index contributed by atoms with van der Waals surface area (Å²) in [5.41, 5.74) is 4.22. The Balaban J connectivity index is 1.43. The average Bonchev–Trinajstić information content (AvgIpc) is 3.49. The summed E-state index contributed by atoms with van der Waals surface area (Å²) in [6.07, 6.45) is 2.43. The monoisotopic (exact) mass is 453 g/mol. The van der Waals surface area contributed by atoms with Crippen LogP contribution in [0.15, 0.2) is 84.6 Å². The van der Waals surface area contributed by atoms with Crippen LogP contribution in [0.25, 0.3) is 5.57 Å². The van der Waals surface area contributed by atoms with Crippen LogP contribution in [0, 0.1) is 0 Å². The van der Waals surface area contributed by atoms with Crippen LogP contribution in [0.4, 0.5) is 11.4 Å². The Morgan fingerprint density at radius 3 is 2.15 bits per heavy atom. The Bertz CT molecular complexity index is 1210. The molecule has 1 fully saturated rings. The van der Waals surface area contributed by atoms with Crippen molar-refractivity contribution in [1.82, 2.24) is 4.90 Å². The van der Waals surface area contributed by atoms with E-state index in [4.69, 9.17) is 4.74 Å². The zero-order valence-electron chi connectivity index (χ0n) is 19.2. The van der Waals surface area contributed by atoms with Gasteiger partial charge in [-0.25, -0.2) is 0 Å². The molecule has 5 rings (SSSR count). The zero-order chi connectivity index (χ0) is 23.5. The normalized spacial score (nSPS) is 15.9. The van der Waals surface area contributed by atoms with E-state index in [9.17, 15) is 9.59 Å². The minimum atomic E-state index is -0.330. The lowest BCUT2D eigenvalue weighted by atomic mass is 10.0. The van der Waals surface area contributed by atoms with Gasteiger partial charge in [-0.15, -0.1) is 0 Å². The minimum Gasteiger partial charge on any atom is -0.497 e. The SMILES string of the molecule is COc1ccc(CN2C(=O)C(Nc3ccc(N4CCCC4)cc3)=C(c3ccccc3)C2=O)cc1. The van der Waals surface area contributed by atoms with Gasteiger partial charge in [0.25, 0.3) is 11.8 Å². The topological polar surface area (TPSA) is 61.9 Å². The fourth-order valence-electron chi connectivity index (χ4n) is 4.50. The molecule has 1 saturated heterocycles. The summed E-state index contributed by atoms with van der Waals surface area (Å²) in [5.74, 6) is 0.0946. The van der Waals surface area contributed by atoms with Crippen LogP contribution < -0.4 is 15.0 Å². The lowest BCUT2D eigenvalue weighted by Gasteiger charge is -2.18. The number of benzene rings is 3. The van der Waals surface area contributed by atoms with Crippen molar-refractivity contribution in [3.8, 4) is 5.75 Å². The molecule has 0 unspecified atom stereocenters. The molecule has 0 atom stereocenters. The molecule has 0 aliphatic carbocycles. The van der Waals surface area contributed by atoms with E-state index in [-0.39, 0.29) is 18.4 Å². The van der Waals surface area contributed by atoms with Gasteiger partial charge in [-0.05, 0) is 60.4 Å². The fourth-order valence-corrected chi connectivity index (χ4v) is 4.50. The maximum atomic E-state index is 13.5. The predicted octanol–water partition coefficient (Wildman–Crippen LogP) is 4.69. The smallest absolute Gasteiger partial charge is 0.278 e. The van der Waals surface area contributed by atoms with Gasteiger partial charge in [0.1, 0.15) is 11.4 Å². The third-order valence-electron chi connectivity index (χ3n) is 6.34. The molecular weight excluding hydrogens is 426 g/mol. The number of nitrogens with one attached hydrogen (secondary N) is 1. The molecule has 0 spiro atoms. The van der Waals surface area contributed by atoms with Crippen LogP contribution in [0.3, 0.4) is 0 Å². The van der Waals surface area contributed by atoms with E-state index in [1.807, 2.05) is 66.7 Å². The highest BCUT2D eigenvalue weighted by molar-refractivity contribution is 6.36. The summed E-state index contributed by atoms with van der Waals surface area (Å²) in [6.45, 7) is 2.34. The second-order valence-corrected chi connectivity index (χ2v) is 8.53. The van der Waals surface area contributed by atoms with Gasteiger partial charge >= 0.3 is 0 Å². The van der Waals surface area contributed by atoms with Gasteiger partial charge in [0.2, 0.25) is 0 Å². The second kappa shape index (κ2) is 9.43. The molecule has 0 saturated carbocycles. The van der Waals surface area contributed by atoms with E-state index < -0.39 is 0 Å². The Morgan fingerprint density at radius 2 is 1.50 bits per heavy atom. The Morgan fingerprint density at radius 1 is 0.824 bits per heavy atom. The van der Waals surface area contributed by atoms with E-state index >= 15 is 0 Å². The molecular formula is C28H27N3O3. The summed E-state index contributed by atoms with van der Waals surface area (Å²) < 4.78 is 5.21. The maximum Gasteiger partial charge on any atom is 0.278 e. The van der Waals surface area contributed by atoms with E-state index in [0.717, 1.165) is 30.1 Å². The van der Waals surface area contributed by atoms with Gasteiger partial charge < -0.3 is 15.0 Å². The first-order chi connectivity index (χ1) is 16.6. The molecule has 0 bridgehead atoms. The maximum absolute atomic E-state index is 13.5. The van der Waals surface area contributed by atoms with Crippen LogP contribution in [-0.4, -0.2) is 36.9 Å². The first-order valence-corrected chi connectivity index (χ1v) is 11.5. The summed E-state index contributed by atoms with van der Waals surface area (Å²) in [6, 6.07) is 24.8. The number of hydrogen-bond acceptors (Lipinski definition) is 5. The number of amides is 2. The van der Waals surface area contributed by atoms with Crippen LogP contribution in [0.5, 0.6) is 5.75 Å². The van der Waals surface area contributed by atoms with Gasteiger partial charge in [-0.2, -0.15) is 0 Å². The Labute approximate surface area is 199 Å². The van der Waals surface area contributed by atoms with Crippen molar-refractivity contribution < 1.29 is 14.3 Å². The third-order valence-corrected chi connectivity index (χ3v) is 6.34. The second-order valence-electron chi connectivity index (χ2n) is 8.53. The highest BCUT2D eigenvalue weighted by Crippen LogP contribution is 2.32. The number of rotatable bonds is 7. The number of carbonyl (C=O) groups excluding carboxylic acids is 2. The molecule has 6 nitrogen and oxygen atoms in total. The van der Waals surface area contributed by atoms with Crippen molar-refractivity contribution in [2.45, 2.75) is 19.4 Å². The standard InChI is InChI=1S/C28H27N3O3/c1-34-24-15-9-20(10-16-24)19-31-27(32)25(21-7-3-2-4-8-21)26(28(31)33)29-22-11-13-23(14-12-22)30-17-5-6-18-30/h2-4,7-16,29H,5-6,17-19H2,1H3. The molecule has 6 heteroatoms. The quantitative estimate of drug-likeness (QED) is 0.526. The number of imide groups is 1. The molecule has 3 aromatic rings. The van der Waals surface area contributed by atoms with Crippen LogP contribution in [0.2, 0.25) is 0 Å². The summed E-state index contributed by atoms with van der Waals surface area (Å²) in [4.78, 5) is 30.6. The van der Waals surface area contributed by atoms with E-state index in [1.165, 1.54) is 23.4 Å². The van der Waals surface area contributed by atoms with Crippen LogP contribution >= 0.6 is 0 Å². The highest BCUT2D eigenvalue weighted by Gasteiger charge is 2.39. The minimum absolute atomic E-state index is 0.192. The number of carbonyl (C=O) groups is 2. The first kappa shape index (κ1) is 21.8. The average molecular weight is 454 g/mol. The van der Waals surface area contributed by atoms with Gasteiger partial charge in [0.05, 0.1) is 19.2 Å². The number of ether oxygens (including phenoxy) is 1. The van der Waals surface area contributed by atoms with Crippen molar-refractivity contribution in [3.05, 3.63) is 95.7 Å². The molecule has 2 aliphatic heterocycles. The molecule has 1 N–H and O–H groups in total. The van der Waals surface area contributed by atoms with E-state index in [2.05, 4.69) is 22.3 Å². The Kier molecular flexibility index (Phi) is 6.04. The summed E-state index contributed by atoms with van der Waals surface area (Å²) in [5, 5.41) is 3.25. The van der Waals surface area contributed by atoms with Crippen molar-refractivity contribution >= 4 is 28.8 Å². The van der Waals surface area contributed by atoms with E-state index in [1.54, 1.807) is 7.11 Å². The van der Waals surface area contributed by atoms with Gasteiger partial charge in [-0.1, -0.05) is 42.5 Å². The highest BCUT2D eigenvalue weighted by atomic mass is 16.5. The Hall–Kier alpha value is -4.06. The number of hydrogen-bond donors (Lipinski definition) is 1. The molecule has 34 heavy (non-hydrogen) atoms. The largest absolute Gasteiger partial charge is 0.497 e. The van der Waals surface area contributed by atoms with Gasteiger partial charge in [0, 0.05) is 24.5 Å². The summed E-state index contributed by atoms with van der Waals surface area (Å²) >= 11 is 0. The van der Waals surface area contributed by atoms with Gasteiger partial charge in [0.15, 0.2) is 0 Å². The number of methoxy groups -OCH3 is 1. The molecule has 2 aliphatic rings. The number of anilines is 2. The molecule has 0 radical (unpaired) electrons. The zero-order valence-corrected chi connectivity index (χ0v) is 19.2. The lowest BCUT2D eigenvalue weighted by molar-refractivity contribution is -0.137. The molecule has 2 amide bonds. The molecule has 0 aromatic heterocycles. The van der Waals surface area contributed by atoms with Crippen LogP contribution in [0.1, 0.15) is 24.0 Å². The van der Waals surface area contributed by atoms with Crippen molar-refractivity contribution in [3.63, 3.8) is 0 Å². The fraction of sp³-hybridized carbons (Fsp3) is 0.214. The first-order valence-electron chi connectivity index (χ1n) is 11.5. The summed E-state index contributed by atoms with van der Waals surface area (Å²) in [7, 11) is 1.61.